The highest BCUT2D eigenvalue weighted by molar-refractivity contribution is 5.20. The van der Waals surface area contributed by atoms with Crippen molar-refractivity contribution >= 4 is 0 Å². The summed E-state index contributed by atoms with van der Waals surface area (Å²) in [5.41, 5.74) is 1.60. The van der Waals surface area contributed by atoms with Crippen molar-refractivity contribution in [2.75, 3.05) is 0 Å². The lowest BCUT2D eigenvalue weighted by Gasteiger charge is -2.42. The molecule has 116 valence electrons. The Kier molecular flexibility index (Phi) is 5.38. The first-order valence-corrected chi connectivity index (χ1v) is 9.41. The summed E-state index contributed by atoms with van der Waals surface area (Å²) in [6.45, 7) is 2.32. The summed E-state index contributed by atoms with van der Waals surface area (Å²) >= 11 is 0. The molecule has 21 heavy (non-hydrogen) atoms. The average Bonchev–Trinajstić information content (AvgIpc) is 2.55. The van der Waals surface area contributed by atoms with Crippen LogP contribution < -0.4 is 0 Å². The van der Waals surface area contributed by atoms with Crippen molar-refractivity contribution in [3.63, 3.8) is 0 Å². The van der Waals surface area contributed by atoms with E-state index in [0.29, 0.717) is 0 Å². The van der Waals surface area contributed by atoms with Crippen molar-refractivity contribution in [2.45, 2.75) is 77.0 Å². The average molecular weight is 284 g/mol. The van der Waals surface area contributed by atoms with Crippen molar-refractivity contribution in [1.82, 2.24) is 0 Å². The highest BCUT2D eigenvalue weighted by Gasteiger charge is 2.35. The van der Waals surface area contributed by atoms with Crippen molar-refractivity contribution in [1.29, 1.82) is 0 Å². The Balaban J connectivity index is 1.51. The van der Waals surface area contributed by atoms with E-state index >= 15 is 0 Å². The molecule has 2 fully saturated rings. The van der Waals surface area contributed by atoms with Crippen LogP contribution in [-0.4, -0.2) is 0 Å². The number of hydrogen-bond donors (Lipinski definition) is 0. The number of benzene rings is 1. The molecule has 0 aliphatic heterocycles. The van der Waals surface area contributed by atoms with Gasteiger partial charge in [0.1, 0.15) is 0 Å². The van der Waals surface area contributed by atoms with Crippen LogP contribution in [0, 0.1) is 17.8 Å². The molecule has 0 amide bonds. The van der Waals surface area contributed by atoms with E-state index in [2.05, 4.69) is 37.3 Å². The second kappa shape index (κ2) is 7.47. The number of rotatable bonds is 5. The molecule has 2 saturated carbocycles. The minimum absolute atomic E-state index is 0.851. The molecule has 1 aromatic rings. The maximum Gasteiger partial charge on any atom is -0.0159 e. The van der Waals surface area contributed by atoms with Crippen LogP contribution in [0.1, 0.15) is 82.6 Å². The summed E-state index contributed by atoms with van der Waals surface area (Å²) in [6, 6.07) is 11.3. The third-order valence-corrected chi connectivity index (χ3v) is 6.21. The monoisotopic (exact) mass is 284 g/mol. The van der Waals surface area contributed by atoms with Gasteiger partial charge in [-0.25, -0.2) is 0 Å². The maximum atomic E-state index is 2.35. The van der Waals surface area contributed by atoms with Gasteiger partial charge >= 0.3 is 0 Å². The van der Waals surface area contributed by atoms with Crippen LogP contribution in [0.2, 0.25) is 0 Å². The predicted molar refractivity (Wildman–Crippen MR) is 91.5 cm³/mol. The minimum atomic E-state index is 0.851. The van der Waals surface area contributed by atoms with Crippen molar-refractivity contribution in [2.24, 2.45) is 17.8 Å². The largest absolute Gasteiger partial charge is 0.0654 e. The van der Waals surface area contributed by atoms with E-state index in [1.807, 2.05) is 0 Å². The minimum Gasteiger partial charge on any atom is -0.0654 e. The normalized spacial score (nSPS) is 32.6. The Morgan fingerprint density at radius 2 is 1.62 bits per heavy atom. The zero-order valence-electron chi connectivity index (χ0n) is 13.8. The molecule has 0 spiro atoms. The molecule has 4 atom stereocenters. The lowest BCUT2D eigenvalue weighted by molar-refractivity contribution is 0.113. The van der Waals surface area contributed by atoms with E-state index in [1.165, 1.54) is 57.8 Å². The van der Waals surface area contributed by atoms with Crippen LogP contribution in [0.5, 0.6) is 0 Å². The first kappa shape index (κ1) is 15.1. The van der Waals surface area contributed by atoms with E-state index < -0.39 is 0 Å². The number of unbranched alkanes of at least 4 members (excludes halogenated alkanes) is 2. The molecule has 0 aromatic heterocycles. The molecular weight excluding hydrogens is 252 g/mol. The van der Waals surface area contributed by atoms with Crippen molar-refractivity contribution in [3.8, 4) is 0 Å². The lowest BCUT2D eigenvalue weighted by atomic mass is 9.63. The number of fused-ring (bicyclic) bond motifs is 1. The highest BCUT2D eigenvalue weighted by Crippen LogP contribution is 2.48. The van der Waals surface area contributed by atoms with Crippen LogP contribution in [-0.2, 0) is 0 Å². The van der Waals surface area contributed by atoms with E-state index in [4.69, 9.17) is 0 Å². The topological polar surface area (TPSA) is 0 Å². The summed E-state index contributed by atoms with van der Waals surface area (Å²) in [5.74, 6) is 4.01. The third kappa shape index (κ3) is 3.90. The molecule has 0 heterocycles. The molecule has 3 rings (SSSR count). The molecule has 0 unspecified atom stereocenters. The van der Waals surface area contributed by atoms with Gasteiger partial charge in [-0.15, -0.1) is 0 Å². The van der Waals surface area contributed by atoms with Crippen LogP contribution in [0.4, 0.5) is 0 Å². The summed E-state index contributed by atoms with van der Waals surface area (Å²) in [6.07, 6.45) is 14.8. The van der Waals surface area contributed by atoms with Gasteiger partial charge in [-0.1, -0.05) is 69.4 Å². The predicted octanol–water partition coefficient (Wildman–Crippen LogP) is 6.57. The van der Waals surface area contributed by atoms with Gasteiger partial charge in [0.25, 0.3) is 0 Å². The van der Waals surface area contributed by atoms with Crippen LogP contribution in [0.3, 0.4) is 0 Å². The van der Waals surface area contributed by atoms with Gasteiger partial charge in [0, 0.05) is 0 Å². The van der Waals surface area contributed by atoms with E-state index in [9.17, 15) is 0 Å². The fourth-order valence-electron chi connectivity index (χ4n) is 4.96. The Morgan fingerprint density at radius 1 is 0.857 bits per heavy atom. The van der Waals surface area contributed by atoms with Gasteiger partial charge in [-0.2, -0.15) is 0 Å². The van der Waals surface area contributed by atoms with E-state index in [1.54, 1.807) is 12.0 Å². The van der Waals surface area contributed by atoms with Crippen LogP contribution >= 0.6 is 0 Å². The quantitative estimate of drug-likeness (QED) is 0.537. The van der Waals surface area contributed by atoms with Gasteiger partial charge in [0.2, 0.25) is 0 Å². The summed E-state index contributed by atoms with van der Waals surface area (Å²) in [5, 5.41) is 0. The first-order chi connectivity index (χ1) is 10.4. The van der Waals surface area contributed by atoms with Gasteiger partial charge < -0.3 is 0 Å². The lowest BCUT2D eigenvalue weighted by Crippen LogP contribution is -2.30. The Labute approximate surface area is 131 Å². The fourth-order valence-corrected chi connectivity index (χ4v) is 4.96. The molecule has 2 aliphatic rings. The summed E-state index contributed by atoms with van der Waals surface area (Å²) in [4.78, 5) is 0. The highest BCUT2D eigenvalue weighted by atomic mass is 14.4. The van der Waals surface area contributed by atoms with E-state index in [0.717, 1.165) is 23.7 Å². The molecule has 0 N–H and O–H groups in total. The Morgan fingerprint density at radius 3 is 2.43 bits per heavy atom. The molecule has 1 aromatic carbocycles. The Hall–Kier alpha value is -0.780. The van der Waals surface area contributed by atoms with Gasteiger partial charge in [0.15, 0.2) is 0 Å². The third-order valence-electron chi connectivity index (χ3n) is 6.21. The van der Waals surface area contributed by atoms with E-state index in [-0.39, 0.29) is 0 Å². The molecule has 0 nitrogen and oxygen atoms in total. The second-order valence-corrected chi connectivity index (χ2v) is 7.62. The van der Waals surface area contributed by atoms with Crippen molar-refractivity contribution < 1.29 is 0 Å². The van der Waals surface area contributed by atoms with Gasteiger partial charge in [0.05, 0.1) is 0 Å². The summed E-state index contributed by atoms with van der Waals surface area (Å²) < 4.78 is 0. The Bertz CT molecular complexity index is 407. The molecular formula is C21H32. The smallest absolute Gasteiger partial charge is 0.0159 e. The molecule has 0 heteroatoms. The zero-order chi connectivity index (χ0) is 14.5. The van der Waals surface area contributed by atoms with Crippen molar-refractivity contribution in [3.05, 3.63) is 35.9 Å². The molecule has 2 aliphatic carbocycles. The van der Waals surface area contributed by atoms with Gasteiger partial charge in [-0.05, 0) is 61.3 Å². The maximum absolute atomic E-state index is 2.35. The van der Waals surface area contributed by atoms with Crippen LogP contribution in [0.15, 0.2) is 30.3 Å². The number of hydrogen-bond acceptors (Lipinski definition) is 0. The molecule has 0 saturated heterocycles. The SMILES string of the molecule is CCCCC[C@H]1CC[C@@H]2C[C@H](c3ccccc3)CC[C@H]2C1. The standard InChI is InChI=1S/C21H32/c1-2-3-5-8-17-11-12-21-16-20(14-13-19(21)15-17)18-9-6-4-7-10-18/h4,6-7,9-10,17,19-21H,2-3,5,8,11-16H2,1H3/t17-,19-,20+,21+/m0/s1. The van der Waals surface area contributed by atoms with Crippen LogP contribution in [0.25, 0.3) is 0 Å². The fraction of sp³-hybridized carbons (Fsp3) is 0.714. The van der Waals surface area contributed by atoms with Gasteiger partial charge in [-0.3, -0.25) is 0 Å². The molecule has 0 radical (unpaired) electrons. The molecule has 0 bridgehead atoms. The first-order valence-electron chi connectivity index (χ1n) is 9.41. The zero-order valence-corrected chi connectivity index (χ0v) is 13.8. The second-order valence-electron chi connectivity index (χ2n) is 7.62. The summed E-state index contributed by atoms with van der Waals surface area (Å²) in [7, 11) is 0.